The molecular weight excluding hydrogens is 416 g/mol. The van der Waals surface area contributed by atoms with Gasteiger partial charge in [-0.2, -0.15) is 0 Å². The third-order valence-electron chi connectivity index (χ3n) is 3.58. The zero-order chi connectivity index (χ0) is 20.4. The highest BCUT2D eigenvalue weighted by Gasteiger charge is 2.18. The van der Waals surface area contributed by atoms with Crippen LogP contribution in [0.1, 0.15) is 25.8 Å². The van der Waals surface area contributed by atoms with Crippen LogP contribution in [0, 0.1) is 0 Å². The first-order valence-corrected chi connectivity index (χ1v) is 11.5. The van der Waals surface area contributed by atoms with Crippen LogP contribution in [0.4, 0.5) is 0 Å². The van der Waals surface area contributed by atoms with E-state index in [1.807, 2.05) is 38.1 Å². The van der Waals surface area contributed by atoms with E-state index in [0.29, 0.717) is 23.2 Å². The smallest absolute Gasteiger partial charge is 0.233 e. The Hall–Kier alpha value is -1.78. The van der Waals surface area contributed by atoms with Gasteiger partial charge in [-0.25, -0.2) is 0 Å². The van der Waals surface area contributed by atoms with E-state index >= 15 is 0 Å². The van der Waals surface area contributed by atoms with Crippen LogP contribution in [0.15, 0.2) is 32.9 Å². The quantitative estimate of drug-likeness (QED) is 0.519. The van der Waals surface area contributed by atoms with Gasteiger partial charge in [0.15, 0.2) is 8.68 Å². The average molecular weight is 441 g/mol. The number of ether oxygens (including phenoxy) is 1. The summed E-state index contributed by atoms with van der Waals surface area (Å²) in [6, 6.07) is 7.58. The number of nitrogens with one attached hydrogen (secondary N) is 2. The van der Waals surface area contributed by atoms with E-state index in [4.69, 9.17) is 4.74 Å². The highest BCUT2D eigenvalue weighted by molar-refractivity contribution is 8.04. The van der Waals surface area contributed by atoms with E-state index in [-0.39, 0.29) is 17.1 Å². The van der Waals surface area contributed by atoms with Gasteiger partial charge in [0.05, 0.1) is 18.1 Å². The minimum Gasteiger partial charge on any atom is -0.496 e. The lowest BCUT2D eigenvalue weighted by Gasteiger charge is -2.12. The number of methoxy groups -OCH3 is 1. The lowest BCUT2D eigenvalue weighted by Crippen LogP contribution is -2.30. The summed E-state index contributed by atoms with van der Waals surface area (Å²) in [5.74, 6) is 0.963. The van der Waals surface area contributed by atoms with Crippen LogP contribution >= 0.6 is 34.9 Å². The Morgan fingerprint density at radius 3 is 2.71 bits per heavy atom. The number of carbonyl (C=O) groups is 2. The first kappa shape index (κ1) is 22.5. The summed E-state index contributed by atoms with van der Waals surface area (Å²) in [5.41, 5.74) is 0.923. The summed E-state index contributed by atoms with van der Waals surface area (Å²) >= 11 is 4.09. The van der Waals surface area contributed by atoms with Crippen molar-refractivity contribution in [3.05, 3.63) is 29.8 Å². The highest BCUT2D eigenvalue weighted by atomic mass is 32.2. The molecule has 10 heteroatoms. The van der Waals surface area contributed by atoms with Crippen molar-refractivity contribution < 1.29 is 14.3 Å². The standard InChI is InChI=1S/C18H24N4O3S3/c1-4-9-19-15(23)11-26-17-21-22-18(28-17)27-12(2)16(24)20-10-13-7-5-6-8-14(13)25-3/h5-8,12H,4,9-11H2,1-3H3,(H,19,23)(H,20,24). The fourth-order valence-electron chi connectivity index (χ4n) is 2.13. The molecule has 0 aliphatic rings. The fourth-order valence-corrected chi connectivity index (χ4v) is 5.14. The van der Waals surface area contributed by atoms with Crippen molar-refractivity contribution in [2.24, 2.45) is 0 Å². The average Bonchev–Trinajstić information content (AvgIpc) is 3.16. The molecule has 1 unspecified atom stereocenters. The van der Waals surface area contributed by atoms with Gasteiger partial charge < -0.3 is 15.4 Å². The molecule has 1 atom stereocenters. The zero-order valence-electron chi connectivity index (χ0n) is 16.1. The molecule has 0 spiro atoms. The molecule has 28 heavy (non-hydrogen) atoms. The number of amides is 2. The molecule has 1 heterocycles. The van der Waals surface area contributed by atoms with E-state index in [1.54, 1.807) is 7.11 Å². The molecule has 0 saturated heterocycles. The van der Waals surface area contributed by atoms with Crippen molar-refractivity contribution in [3.63, 3.8) is 0 Å². The molecule has 0 aliphatic heterocycles. The number of hydrogen-bond acceptors (Lipinski definition) is 8. The number of rotatable bonds is 11. The summed E-state index contributed by atoms with van der Waals surface area (Å²) in [7, 11) is 1.61. The van der Waals surface area contributed by atoms with Crippen molar-refractivity contribution in [3.8, 4) is 5.75 Å². The van der Waals surface area contributed by atoms with E-state index in [2.05, 4.69) is 20.8 Å². The van der Waals surface area contributed by atoms with Crippen molar-refractivity contribution in [2.75, 3.05) is 19.4 Å². The van der Waals surface area contributed by atoms with Crippen LogP contribution < -0.4 is 15.4 Å². The van der Waals surface area contributed by atoms with Crippen molar-refractivity contribution in [1.29, 1.82) is 0 Å². The molecule has 2 N–H and O–H groups in total. The van der Waals surface area contributed by atoms with Gasteiger partial charge in [-0.15, -0.1) is 10.2 Å². The maximum absolute atomic E-state index is 12.4. The van der Waals surface area contributed by atoms with Gasteiger partial charge in [0.1, 0.15) is 5.75 Å². The molecule has 1 aromatic heterocycles. The molecule has 0 bridgehead atoms. The van der Waals surface area contributed by atoms with Crippen molar-refractivity contribution in [2.45, 2.75) is 40.7 Å². The molecule has 1 aromatic carbocycles. The largest absolute Gasteiger partial charge is 0.496 e. The van der Waals surface area contributed by atoms with Crippen molar-refractivity contribution >= 4 is 46.7 Å². The predicted molar refractivity (Wildman–Crippen MR) is 114 cm³/mol. The molecule has 2 amide bonds. The third-order valence-corrected chi connectivity index (χ3v) is 6.82. The van der Waals surface area contributed by atoms with Crippen LogP contribution in [-0.4, -0.2) is 46.7 Å². The molecule has 0 fully saturated rings. The second-order valence-corrected chi connectivity index (χ2v) is 9.55. The summed E-state index contributed by atoms with van der Waals surface area (Å²) in [5, 5.41) is 13.6. The van der Waals surface area contributed by atoms with E-state index in [9.17, 15) is 9.59 Å². The van der Waals surface area contributed by atoms with Gasteiger partial charge in [0.25, 0.3) is 0 Å². The number of para-hydroxylation sites is 1. The van der Waals surface area contributed by atoms with Crippen LogP contribution in [0.5, 0.6) is 5.75 Å². The number of carbonyl (C=O) groups excluding carboxylic acids is 2. The van der Waals surface area contributed by atoms with Gasteiger partial charge in [-0.3, -0.25) is 9.59 Å². The van der Waals surface area contributed by atoms with Crippen LogP contribution in [0.3, 0.4) is 0 Å². The van der Waals surface area contributed by atoms with Crippen LogP contribution in [0.25, 0.3) is 0 Å². The van der Waals surface area contributed by atoms with Crippen molar-refractivity contribution in [1.82, 2.24) is 20.8 Å². The lowest BCUT2D eigenvalue weighted by atomic mass is 10.2. The zero-order valence-corrected chi connectivity index (χ0v) is 18.5. The number of thioether (sulfide) groups is 2. The van der Waals surface area contributed by atoms with Gasteiger partial charge in [-0.05, 0) is 19.4 Å². The predicted octanol–water partition coefficient (Wildman–Crippen LogP) is 2.96. The maximum atomic E-state index is 12.4. The fraction of sp³-hybridized carbons (Fsp3) is 0.444. The van der Waals surface area contributed by atoms with Gasteiger partial charge in [0, 0.05) is 18.7 Å². The molecule has 152 valence electrons. The molecule has 2 aromatic rings. The minimum atomic E-state index is -0.312. The maximum Gasteiger partial charge on any atom is 0.233 e. The molecule has 0 aliphatic carbocycles. The highest BCUT2D eigenvalue weighted by Crippen LogP contribution is 2.31. The Balaban J connectivity index is 1.79. The van der Waals surface area contributed by atoms with Crippen LogP contribution in [-0.2, 0) is 16.1 Å². The van der Waals surface area contributed by atoms with E-state index in [0.717, 1.165) is 22.1 Å². The summed E-state index contributed by atoms with van der Waals surface area (Å²) in [4.78, 5) is 24.0. The van der Waals surface area contributed by atoms with Crippen LogP contribution in [0.2, 0.25) is 0 Å². The monoisotopic (exact) mass is 440 g/mol. The number of hydrogen-bond donors (Lipinski definition) is 2. The molecule has 0 radical (unpaired) electrons. The van der Waals surface area contributed by atoms with Gasteiger partial charge >= 0.3 is 0 Å². The lowest BCUT2D eigenvalue weighted by molar-refractivity contribution is -0.120. The Bertz CT molecular complexity index is 785. The first-order valence-electron chi connectivity index (χ1n) is 8.82. The first-order chi connectivity index (χ1) is 13.5. The Labute approximate surface area is 177 Å². The summed E-state index contributed by atoms with van der Waals surface area (Å²) < 4.78 is 6.72. The van der Waals surface area contributed by atoms with E-state index < -0.39 is 0 Å². The molecular formula is C18H24N4O3S3. The third kappa shape index (κ3) is 7.33. The molecule has 2 rings (SSSR count). The Morgan fingerprint density at radius 2 is 1.96 bits per heavy atom. The normalized spacial score (nSPS) is 11.7. The summed E-state index contributed by atoms with van der Waals surface area (Å²) in [6.45, 7) is 4.92. The molecule has 7 nitrogen and oxygen atoms in total. The van der Waals surface area contributed by atoms with E-state index in [1.165, 1.54) is 34.9 Å². The Morgan fingerprint density at radius 1 is 1.21 bits per heavy atom. The Kier molecular flexibility index (Phi) is 9.59. The number of aromatic nitrogens is 2. The number of nitrogens with zero attached hydrogens (tertiary/aromatic N) is 2. The van der Waals surface area contributed by atoms with Gasteiger partial charge in [0.2, 0.25) is 11.8 Å². The topological polar surface area (TPSA) is 93.2 Å². The summed E-state index contributed by atoms with van der Waals surface area (Å²) in [6.07, 6.45) is 0.910. The number of benzene rings is 1. The second-order valence-electron chi connectivity index (χ2n) is 5.76. The minimum absolute atomic E-state index is 0.0136. The SMILES string of the molecule is CCCNC(=O)CSc1nnc(SC(C)C(=O)NCc2ccccc2OC)s1. The second kappa shape index (κ2) is 11.9. The van der Waals surface area contributed by atoms with Gasteiger partial charge in [-0.1, -0.05) is 60.0 Å². The molecule has 0 saturated carbocycles.